The third-order valence-corrected chi connectivity index (χ3v) is 9.64. The Morgan fingerprint density at radius 2 is 1.76 bits per heavy atom. The predicted molar refractivity (Wildman–Crippen MR) is 150 cm³/mol. The summed E-state index contributed by atoms with van der Waals surface area (Å²) in [4.78, 5) is 41.7. The second-order valence-electron chi connectivity index (χ2n) is 11.6. The highest BCUT2D eigenvalue weighted by Crippen LogP contribution is 2.54. The molecular weight excluding hydrogens is 589 g/mol. The molecule has 4 fully saturated rings. The van der Waals surface area contributed by atoms with Gasteiger partial charge >= 0.3 is 0 Å². The number of carbonyl (C=O) groups is 3. The number of hydrogen-bond acceptors (Lipinski definition) is 5. The van der Waals surface area contributed by atoms with Crippen molar-refractivity contribution in [2.24, 2.45) is 11.8 Å². The summed E-state index contributed by atoms with van der Waals surface area (Å²) < 4.78 is 30.6. The molecule has 220 valence electrons. The molecule has 2 aliphatic carbocycles. The van der Waals surface area contributed by atoms with Gasteiger partial charge in [-0.05, 0) is 67.5 Å². The summed E-state index contributed by atoms with van der Waals surface area (Å²) in [5.41, 5.74) is -0.942. The number of carbonyl (C=O) groups excluding carboxylic acids is 3. The zero-order chi connectivity index (χ0) is 30.0. The molecule has 3 saturated heterocycles. The fraction of sp³-hybridized carbons (Fsp3) is 0.467. The molecule has 5 aliphatic rings. The van der Waals surface area contributed by atoms with Crippen molar-refractivity contribution in [1.82, 2.24) is 15.5 Å². The van der Waals surface area contributed by atoms with Crippen LogP contribution < -0.4 is 10.6 Å². The van der Waals surface area contributed by atoms with E-state index < -0.39 is 59.7 Å². The van der Waals surface area contributed by atoms with Crippen LogP contribution in [0.15, 0.2) is 36.4 Å². The monoisotopic (exact) mass is 616 g/mol. The fourth-order valence-electron chi connectivity index (χ4n) is 7.21. The van der Waals surface area contributed by atoms with Gasteiger partial charge in [0.15, 0.2) is 5.60 Å². The van der Waals surface area contributed by atoms with Crippen LogP contribution in [0.2, 0.25) is 10.0 Å². The molecule has 12 heteroatoms. The maximum Gasteiger partial charge on any atom is 0.264 e. The van der Waals surface area contributed by atoms with Gasteiger partial charge < -0.3 is 20.6 Å². The normalized spacial score (nSPS) is 27.3. The van der Waals surface area contributed by atoms with E-state index in [2.05, 4.69) is 10.6 Å². The number of alkyl halides is 2. The van der Waals surface area contributed by atoms with E-state index >= 15 is 8.78 Å². The quantitative estimate of drug-likeness (QED) is 0.466. The minimum Gasteiger partial charge on any atom is -0.372 e. The van der Waals surface area contributed by atoms with Crippen molar-refractivity contribution >= 4 is 40.9 Å². The lowest BCUT2D eigenvalue weighted by atomic mass is 9.70. The molecule has 0 aromatic heterocycles. The zero-order valence-corrected chi connectivity index (χ0v) is 23.9. The Hall–Kier alpha value is -3.26. The number of fused-ring (bicyclic) bond motifs is 6. The van der Waals surface area contributed by atoms with Crippen LogP contribution in [0.1, 0.15) is 49.7 Å². The average Bonchev–Trinajstić information content (AvgIpc) is 3.20. The maximum atomic E-state index is 15.3. The van der Waals surface area contributed by atoms with E-state index in [1.807, 2.05) is 6.07 Å². The number of hydrogen-bond donors (Lipinski definition) is 3. The first kappa shape index (κ1) is 28.8. The Labute approximate surface area is 251 Å². The zero-order valence-electron chi connectivity index (χ0n) is 22.4. The fourth-order valence-corrected chi connectivity index (χ4v) is 7.55. The number of piperidine rings is 3. The summed E-state index contributed by atoms with van der Waals surface area (Å²) in [6.45, 7) is 0.530. The van der Waals surface area contributed by atoms with E-state index in [0.29, 0.717) is 24.1 Å². The van der Waals surface area contributed by atoms with Gasteiger partial charge in [-0.3, -0.25) is 14.4 Å². The number of nitrogens with zero attached hydrogens (tertiary/aromatic N) is 2. The molecule has 3 N–H and O–H groups in total. The summed E-state index contributed by atoms with van der Waals surface area (Å²) in [6, 6.07) is 7.61. The van der Waals surface area contributed by atoms with E-state index in [0.717, 1.165) is 11.3 Å². The summed E-state index contributed by atoms with van der Waals surface area (Å²) >= 11 is 12.5. The molecule has 8 nitrogen and oxygen atoms in total. The molecule has 3 heterocycles. The van der Waals surface area contributed by atoms with Crippen molar-refractivity contribution < 1.29 is 28.3 Å². The SMILES string of the molecule is N#C[C@@H](C[C@@H]1CCCNC1=O)NC(=O)[C@@H]1[C@@H]2CC[C@@H](CC2(F)F)N1C(=O)C1(O)c2cc(Cl)ccc2-c2ccc(Cl)cc21. The Balaban J connectivity index is 1.38. The van der Waals surface area contributed by atoms with E-state index in [1.54, 1.807) is 24.3 Å². The topological polar surface area (TPSA) is 123 Å². The van der Waals surface area contributed by atoms with Gasteiger partial charge in [0.25, 0.3) is 11.8 Å². The highest BCUT2D eigenvalue weighted by Gasteiger charge is 2.63. The molecule has 0 radical (unpaired) electrons. The van der Waals surface area contributed by atoms with Crippen LogP contribution in [-0.2, 0) is 20.0 Å². The van der Waals surface area contributed by atoms with Crippen LogP contribution in [0.4, 0.5) is 8.78 Å². The Kier molecular flexibility index (Phi) is 7.19. The van der Waals surface area contributed by atoms with Crippen molar-refractivity contribution in [2.75, 3.05) is 6.54 Å². The lowest BCUT2D eigenvalue weighted by Crippen LogP contribution is -2.70. The molecule has 2 aromatic carbocycles. The second kappa shape index (κ2) is 10.5. The van der Waals surface area contributed by atoms with E-state index in [-0.39, 0.29) is 46.3 Å². The number of aliphatic hydroxyl groups is 1. The number of amides is 3. The van der Waals surface area contributed by atoms with Gasteiger partial charge in [-0.1, -0.05) is 35.3 Å². The van der Waals surface area contributed by atoms with Crippen LogP contribution in [0.3, 0.4) is 0 Å². The molecule has 5 atom stereocenters. The summed E-state index contributed by atoms with van der Waals surface area (Å²) in [7, 11) is 0. The molecule has 42 heavy (non-hydrogen) atoms. The van der Waals surface area contributed by atoms with Crippen LogP contribution in [0.25, 0.3) is 11.1 Å². The third kappa shape index (κ3) is 4.53. The van der Waals surface area contributed by atoms with Gasteiger partial charge in [-0.2, -0.15) is 5.26 Å². The molecule has 2 bridgehead atoms. The molecule has 2 aromatic rings. The van der Waals surface area contributed by atoms with Crippen molar-refractivity contribution in [1.29, 1.82) is 5.26 Å². The van der Waals surface area contributed by atoms with Crippen molar-refractivity contribution in [3.8, 4) is 17.2 Å². The minimum absolute atomic E-state index is 0.00889. The van der Waals surface area contributed by atoms with E-state index in [4.69, 9.17) is 23.2 Å². The van der Waals surface area contributed by atoms with Crippen LogP contribution >= 0.6 is 23.2 Å². The summed E-state index contributed by atoms with van der Waals surface area (Å²) in [5.74, 6) is -7.35. The summed E-state index contributed by atoms with van der Waals surface area (Å²) in [6.07, 6.45) is 0.831. The number of halogens is 4. The lowest BCUT2D eigenvalue weighted by molar-refractivity contribution is -0.201. The molecule has 3 amide bonds. The van der Waals surface area contributed by atoms with Gasteiger partial charge in [0.1, 0.15) is 12.1 Å². The first-order valence-electron chi connectivity index (χ1n) is 14.0. The molecule has 7 rings (SSSR count). The van der Waals surface area contributed by atoms with Crippen molar-refractivity contribution in [3.63, 3.8) is 0 Å². The number of benzene rings is 2. The highest BCUT2D eigenvalue weighted by molar-refractivity contribution is 6.31. The van der Waals surface area contributed by atoms with Crippen molar-refractivity contribution in [2.45, 2.75) is 68.2 Å². The van der Waals surface area contributed by atoms with Crippen LogP contribution in [-0.4, -0.2) is 58.3 Å². The second-order valence-corrected chi connectivity index (χ2v) is 12.5. The van der Waals surface area contributed by atoms with Gasteiger partial charge in [-0.25, -0.2) is 8.78 Å². The molecule has 3 aliphatic heterocycles. The summed E-state index contributed by atoms with van der Waals surface area (Å²) in [5, 5.41) is 27.8. The van der Waals surface area contributed by atoms with Gasteiger partial charge in [0.2, 0.25) is 11.8 Å². The first-order chi connectivity index (χ1) is 20.0. The van der Waals surface area contributed by atoms with Gasteiger partial charge in [-0.15, -0.1) is 0 Å². The van der Waals surface area contributed by atoms with Crippen LogP contribution in [0.5, 0.6) is 0 Å². The molecule has 1 saturated carbocycles. The van der Waals surface area contributed by atoms with Gasteiger partial charge in [0, 0.05) is 46.1 Å². The Morgan fingerprint density at radius 1 is 1.12 bits per heavy atom. The van der Waals surface area contributed by atoms with Gasteiger partial charge in [0.05, 0.1) is 12.0 Å². The Bertz CT molecular complexity index is 1480. The smallest absolute Gasteiger partial charge is 0.264 e. The molecular formula is C30H28Cl2F2N4O4. The predicted octanol–water partition coefficient (Wildman–Crippen LogP) is 4.15. The molecule has 0 unspecified atom stereocenters. The third-order valence-electron chi connectivity index (χ3n) is 9.17. The van der Waals surface area contributed by atoms with Crippen LogP contribution in [0, 0.1) is 23.2 Å². The van der Waals surface area contributed by atoms with Crippen molar-refractivity contribution in [3.05, 3.63) is 57.6 Å². The molecule has 0 spiro atoms. The minimum atomic E-state index is -3.24. The largest absolute Gasteiger partial charge is 0.372 e. The Morgan fingerprint density at radius 3 is 2.33 bits per heavy atom. The maximum absolute atomic E-state index is 15.3. The van der Waals surface area contributed by atoms with E-state index in [9.17, 15) is 24.8 Å². The highest BCUT2D eigenvalue weighted by atomic mass is 35.5. The number of nitriles is 1. The standard InChI is InChI=1S/C30H28Cl2F2N4O4/c31-16-3-6-20-21-7-4-17(32)12-24(21)30(42,23(20)11-16)28(41)38-19-5-8-22(29(33,34)13-19)25(38)27(40)37-18(14-35)10-15-2-1-9-36-26(15)39/h3-4,6-7,11-12,15,18-19,22,25,42H,1-2,5,8-10,13H2,(H,36,39)(H,37,40)/t15-,18+,19-,22-,25-/m0/s1. The number of nitrogens with one attached hydrogen (secondary N) is 2. The number of rotatable bonds is 5. The average molecular weight is 617 g/mol. The first-order valence-corrected chi connectivity index (χ1v) is 14.7. The van der Waals surface area contributed by atoms with E-state index in [1.165, 1.54) is 12.1 Å². The lowest BCUT2D eigenvalue weighted by Gasteiger charge is -2.54.